The first-order chi connectivity index (χ1) is 16.0. The van der Waals surface area contributed by atoms with Gasteiger partial charge in [0.1, 0.15) is 0 Å². The van der Waals surface area contributed by atoms with Gasteiger partial charge in [-0.1, -0.05) is 54.2 Å². The molecule has 4 aromatic rings. The predicted molar refractivity (Wildman–Crippen MR) is 132 cm³/mol. The van der Waals surface area contributed by atoms with Crippen molar-refractivity contribution >= 4 is 40.3 Å². The molecular formula is C24H25N7OS. The predicted octanol–water partition coefficient (Wildman–Crippen LogP) is 4.09. The number of nitrogens with one attached hydrogen (secondary N) is 2. The second kappa shape index (κ2) is 10.3. The number of benzene rings is 2. The van der Waals surface area contributed by atoms with E-state index in [2.05, 4.69) is 55.3 Å². The van der Waals surface area contributed by atoms with E-state index in [9.17, 15) is 4.79 Å². The number of aryl methyl sites for hydroxylation is 1. The van der Waals surface area contributed by atoms with E-state index in [0.29, 0.717) is 10.9 Å². The van der Waals surface area contributed by atoms with E-state index in [-0.39, 0.29) is 17.7 Å². The van der Waals surface area contributed by atoms with Gasteiger partial charge in [-0.2, -0.15) is 5.10 Å². The Kier molecular flexibility index (Phi) is 6.99. The first kappa shape index (κ1) is 22.5. The van der Waals surface area contributed by atoms with Gasteiger partial charge in [-0.15, -0.1) is 10.2 Å². The molecule has 2 aromatic heterocycles. The molecule has 8 nitrogen and oxygen atoms in total. The molecule has 0 aliphatic heterocycles. The van der Waals surface area contributed by atoms with Crippen molar-refractivity contribution in [3.05, 3.63) is 77.9 Å². The van der Waals surface area contributed by atoms with E-state index < -0.39 is 0 Å². The summed E-state index contributed by atoms with van der Waals surface area (Å²) in [5, 5.41) is 19.1. The highest BCUT2D eigenvalue weighted by Crippen LogP contribution is 2.27. The number of hydrazone groups is 1. The first-order valence-electron chi connectivity index (χ1n) is 10.5. The molecule has 0 aliphatic rings. The normalized spacial score (nSPS) is 12.2. The largest absolute Gasteiger partial charge is 0.375 e. The summed E-state index contributed by atoms with van der Waals surface area (Å²) in [4.78, 5) is 16.5. The van der Waals surface area contributed by atoms with Gasteiger partial charge in [0.15, 0.2) is 11.0 Å². The molecule has 2 aromatic carbocycles. The molecule has 2 heterocycles. The highest BCUT2D eigenvalue weighted by Gasteiger charge is 2.17. The number of anilines is 1. The second-order valence-corrected chi connectivity index (χ2v) is 8.52. The number of hydrogen-bond donors (Lipinski definition) is 2. The number of thioether (sulfide) groups is 1. The summed E-state index contributed by atoms with van der Waals surface area (Å²) < 4.78 is 1.90. The first-order valence-corrected chi connectivity index (χ1v) is 11.5. The lowest BCUT2D eigenvalue weighted by Gasteiger charge is -2.16. The van der Waals surface area contributed by atoms with Crippen LogP contribution in [0.4, 0.5) is 5.69 Å². The summed E-state index contributed by atoms with van der Waals surface area (Å²) in [6, 6.07) is 20.0. The monoisotopic (exact) mass is 459 g/mol. The highest BCUT2D eigenvalue weighted by atomic mass is 32.2. The van der Waals surface area contributed by atoms with E-state index in [1.54, 1.807) is 0 Å². The minimum absolute atomic E-state index is 0.0667. The molecule has 1 amide bonds. The summed E-state index contributed by atoms with van der Waals surface area (Å²) in [5.74, 6) is 0.736. The molecule has 33 heavy (non-hydrogen) atoms. The Morgan fingerprint density at radius 3 is 2.76 bits per heavy atom. The molecule has 0 radical (unpaired) electrons. The number of carbonyl (C=O) groups is 1. The molecule has 0 aliphatic carbocycles. The van der Waals surface area contributed by atoms with Crippen LogP contribution in [0.2, 0.25) is 0 Å². The molecule has 4 rings (SSSR count). The Bertz CT molecular complexity index is 1300. The van der Waals surface area contributed by atoms with Gasteiger partial charge in [0.25, 0.3) is 5.91 Å². The van der Waals surface area contributed by atoms with Gasteiger partial charge in [-0.25, -0.2) is 5.43 Å². The fourth-order valence-electron chi connectivity index (χ4n) is 3.45. The van der Waals surface area contributed by atoms with Crippen LogP contribution >= 0.6 is 11.8 Å². The molecule has 1 atom stereocenters. The van der Waals surface area contributed by atoms with Crippen molar-refractivity contribution in [2.45, 2.75) is 25.0 Å². The molecule has 0 fully saturated rings. The Morgan fingerprint density at radius 1 is 1.12 bits per heavy atom. The molecule has 0 spiro atoms. The zero-order chi connectivity index (χ0) is 23.2. The van der Waals surface area contributed by atoms with Crippen LogP contribution in [0, 0.1) is 6.92 Å². The summed E-state index contributed by atoms with van der Waals surface area (Å²) in [7, 11) is 1.90. The lowest BCUT2D eigenvalue weighted by molar-refractivity contribution is -0.118. The molecular weight excluding hydrogens is 434 g/mol. The molecule has 9 heteroatoms. The summed E-state index contributed by atoms with van der Waals surface area (Å²) in [6.45, 7) is 3.95. The third kappa shape index (κ3) is 5.56. The highest BCUT2D eigenvalue weighted by molar-refractivity contribution is 7.99. The Morgan fingerprint density at radius 2 is 1.91 bits per heavy atom. The standard InChI is InChI=1S/C24H25N7OS/c1-16-8-6-11-19(26-16)14-25-28-22(32)15-33-24-30-29-23(31(24)3)17(2)27-21-13-7-10-18-9-4-5-12-20(18)21/h4-14,17,27H,15H2,1-3H3,(H,28,32)/b25-14+. The number of rotatable bonds is 8. The van der Waals surface area contributed by atoms with Crippen LogP contribution < -0.4 is 10.7 Å². The maximum absolute atomic E-state index is 12.2. The number of aromatic nitrogens is 4. The van der Waals surface area contributed by atoms with Crippen molar-refractivity contribution in [2.24, 2.45) is 12.1 Å². The Labute approximate surface area is 196 Å². The molecule has 168 valence electrons. The minimum Gasteiger partial charge on any atom is -0.375 e. The van der Waals surface area contributed by atoms with Gasteiger partial charge in [0.05, 0.1) is 23.7 Å². The smallest absolute Gasteiger partial charge is 0.250 e. The average Bonchev–Trinajstić information content (AvgIpc) is 3.18. The lowest BCUT2D eigenvalue weighted by Crippen LogP contribution is -2.20. The van der Waals surface area contributed by atoms with Crippen molar-refractivity contribution in [3.8, 4) is 0 Å². The Hall–Kier alpha value is -3.72. The van der Waals surface area contributed by atoms with Gasteiger partial charge < -0.3 is 9.88 Å². The maximum atomic E-state index is 12.2. The maximum Gasteiger partial charge on any atom is 0.250 e. The zero-order valence-electron chi connectivity index (χ0n) is 18.7. The topological polar surface area (TPSA) is 97.1 Å². The van der Waals surface area contributed by atoms with Gasteiger partial charge in [0.2, 0.25) is 0 Å². The van der Waals surface area contributed by atoms with Crippen LogP contribution in [0.25, 0.3) is 10.8 Å². The molecule has 0 bridgehead atoms. The van der Waals surface area contributed by atoms with E-state index in [1.165, 1.54) is 23.4 Å². The van der Waals surface area contributed by atoms with Crippen LogP contribution in [0.5, 0.6) is 0 Å². The van der Waals surface area contributed by atoms with Crippen LogP contribution in [-0.4, -0.2) is 37.6 Å². The molecule has 0 saturated heterocycles. The van der Waals surface area contributed by atoms with E-state index in [1.807, 2.05) is 61.9 Å². The van der Waals surface area contributed by atoms with Gasteiger partial charge in [-0.05, 0) is 37.4 Å². The number of fused-ring (bicyclic) bond motifs is 1. The van der Waals surface area contributed by atoms with Crippen molar-refractivity contribution < 1.29 is 4.79 Å². The fraction of sp³-hybridized carbons (Fsp3) is 0.208. The van der Waals surface area contributed by atoms with Crippen molar-refractivity contribution in [3.63, 3.8) is 0 Å². The number of nitrogens with zero attached hydrogens (tertiary/aromatic N) is 5. The van der Waals surface area contributed by atoms with Crippen LogP contribution in [0.1, 0.15) is 30.2 Å². The lowest BCUT2D eigenvalue weighted by atomic mass is 10.1. The quantitative estimate of drug-likeness (QED) is 0.234. The second-order valence-electron chi connectivity index (χ2n) is 7.58. The van der Waals surface area contributed by atoms with Gasteiger partial charge in [-0.3, -0.25) is 9.78 Å². The third-order valence-electron chi connectivity index (χ3n) is 5.05. The summed E-state index contributed by atoms with van der Waals surface area (Å²) in [6.07, 6.45) is 1.52. The molecule has 0 saturated carbocycles. The number of amides is 1. The van der Waals surface area contributed by atoms with Crippen molar-refractivity contribution in [2.75, 3.05) is 11.1 Å². The third-order valence-corrected chi connectivity index (χ3v) is 6.07. The molecule has 2 N–H and O–H groups in total. The number of carbonyl (C=O) groups excluding carboxylic acids is 1. The van der Waals surface area contributed by atoms with E-state index in [4.69, 9.17) is 0 Å². The van der Waals surface area contributed by atoms with Crippen molar-refractivity contribution in [1.29, 1.82) is 0 Å². The Balaban J connectivity index is 1.35. The molecule has 1 unspecified atom stereocenters. The average molecular weight is 460 g/mol. The van der Waals surface area contributed by atoms with Gasteiger partial charge in [0, 0.05) is 23.8 Å². The van der Waals surface area contributed by atoms with Crippen LogP contribution in [0.15, 0.2) is 70.9 Å². The minimum atomic E-state index is -0.226. The van der Waals surface area contributed by atoms with E-state index >= 15 is 0 Å². The summed E-state index contributed by atoms with van der Waals surface area (Å²) in [5.41, 5.74) is 5.14. The van der Waals surface area contributed by atoms with Crippen molar-refractivity contribution in [1.82, 2.24) is 25.2 Å². The summed E-state index contributed by atoms with van der Waals surface area (Å²) >= 11 is 1.31. The van der Waals surface area contributed by atoms with Crippen LogP contribution in [-0.2, 0) is 11.8 Å². The number of hydrogen-bond acceptors (Lipinski definition) is 7. The van der Waals surface area contributed by atoms with Gasteiger partial charge >= 0.3 is 0 Å². The number of pyridine rings is 1. The zero-order valence-corrected chi connectivity index (χ0v) is 19.5. The fourth-order valence-corrected chi connectivity index (χ4v) is 4.16. The SMILES string of the molecule is Cc1cccc(/C=N/NC(=O)CSc2nnc(C(C)Nc3cccc4ccccc34)n2C)n1. The van der Waals surface area contributed by atoms with E-state index in [0.717, 1.165) is 22.6 Å². The van der Waals surface area contributed by atoms with Crippen LogP contribution in [0.3, 0.4) is 0 Å².